The molecule has 0 bridgehead atoms. The zero-order valence-electron chi connectivity index (χ0n) is 14.0. The molecular weight excluding hydrogens is 347 g/mol. The Balaban J connectivity index is 1.47. The molecular formula is C21H17FN2OS. The first kappa shape index (κ1) is 17.8. The molecule has 0 fully saturated rings. The number of hydrogen-bond donors (Lipinski definition) is 1. The number of rotatable bonds is 5. The van der Waals surface area contributed by atoms with Crippen LogP contribution in [-0.4, -0.2) is 17.4 Å². The summed E-state index contributed by atoms with van der Waals surface area (Å²) >= 11 is 1.50. The van der Waals surface area contributed by atoms with E-state index in [-0.39, 0.29) is 18.1 Å². The van der Waals surface area contributed by atoms with Gasteiger partial charge in [0, 0.05) is 17.4 Å². The Bertz CT molecular complexity index is 924. The quantitative estimate of drug-likeness (QED) is 0.703. The van der Waals surface area contributed by atoms with Crippen molar-refractivity contribution in [2.45, 2.75) is 12.8 Å². The van der Waals surface area contributed by atoms with E-state index in [1.807, 2.05) is 35.7 Å². The fraction of sp³-hybridized carbons (Fsp3) is 0.143. The Labute approximate surface area is 155 Å². The van der Waals surface area contributed by atoms with E-state index >= 15 is 0 Å². The van der Waals surface area contributed by atoms with Crippen LogP contribution in [0.3, 0.4) is 0 Å². The summed E-state index contributed by atoms with van der Waals surface area (Å²) < 4.78 is 12.9. The summed E-state index contributed by atoms with van der Waals surface area (Å²) in [6, 6.07) is 16.0. The van der Waals surface area contributed by atoms with Crippen LogP contribution in [0.25, 0.3) is 0 Å². The number of amides is 1. The average molecular weight is 364 g/mol. The Morgan fingerprint density at radius 2 is 1.88 bits per heavy atom. The molecule has 130 valence electrons. The fourth-order valence-corrected chi connectivity index (χ4v) is 3.15. The first-order valence-electron chi connectivity index (χ1n) is 8.17. The van der Waals surface area contributed by atoms with Gasteiger partial charge in [0.15, 0.2) is 0 Å². The van der Waals surface area contributed by atoms with Crippen LogP contribution < -0.4 is 5.32 Å². The minimum absolute atomic E-state index is 0.106. The van der Waals surface area contributed by atoms with Gasteiger partial charge < -0.3 is 5.32 Å². The number of halogens is 1. The summed E-state index contributed by atoms with van der Waals surface area (Å²) in [6.45, 7) is 0.306. The maximum absolute atomic E-state index is 12.9. The summed E-state index contributed by atoms with van der Waals surface area (Å²) in [6.07, 6.45) is 0.863. The molecule has 1 N–H and O–H groups in total. The number of carbonyl (C=O) groups is 1. The maximum Gasteiger partial charge on any atom is 0.226 e. The van der Waals surface area contributed by atoms with Crippen molar-refractivity contribution >= 4 is 17.2 Å². The summed E-state index contributed by atoms with van der Waals surface area (Å²) in [5, 5.41) is 5.57. The molecule has 0 unspecified atom stereocenters. The number of nitrogens with zero attached hydrogens (tertiary/aromatic N) is 1. The third kappa shape index (κ3) is 5.54. The van der Waals surface area contributed by atoms with Crippen LogP contribution in [0.15, 0.2) is 60.0 Å². The molecule has 2 aromatic carbocycles. The molecule has 1 aromatic heterocycles. The lowest BCUT2D eigenvalue weighted by molar-refractivity contribution is -0.120. The second kappa shape index (κ2) is 8.93. The molecule has 0 spiro atoms. The van der Waals surface area contributed by atoms with Crippen LogP contribution in [0.4, 0.5) is 4.39 Å². The molecule has 0 atom stereocenters. The van der Waals surface area contributed by atoms with Crippen LogP contribution in [0, 0.1) is 17.7 Å². The van der Waals surface area contributed by atoms with Crippen molar-refractivity contribution in [2.24, 2.45) is 0 Å². The summed E-state index contributed by atoms with van der Waals surface area (Å²) in [4.78, 5) is 16.4. The number of aromatic nitrogens is 1. The number of carbonyl (C=O) groups excluding carboxylic acids is 1. The lowest BCUT2D eigenvalue weighted by atomic mass is 10.1. The summed E-state index contributed by atoms with van der Waals surface area (Å²) in [5.74, 6) is 5.57. The van der Waals surface area contributed by atoms with Gasteiger partial charge in [0.1, 0.15) is 5.82 Å². The summed E-state index contributed by atoms with van der Waals surface area (Å²) in [5.41, 5.74) is 2.65. The SMILES string of the molecule is O=C(Cc1csc(Cc2ccc(F)cc2)n1)NCC#Cc1ccccc1. The van der Waals surface area contributed by atoms with Gasteiger partial charge in [0.2, 0.25) is 5.91 Å². The smallest absolute Gasteiger partial charge is 0.226 e. The highest BCUT2D eigenvalue weighted by atomic mass is 32.1. The molecule has 1 heterocycles. The Hall–Kier alpha value is -2.97. The third-order valence-electron chi connectivity index (χ3n) is 3.59. The number of hydrogen-bond acceptors (Lipinski definition) is 3. The highest BCUT2D eigenvalue weighted by Crippen LogP contribution is 2.15. The Morgan fingerprint density at radius 1 is 1.12 bits per heavy atom. The van der Waals surface area contributed by atoms with E-state index in [0.717, 1.165) is 21.8 Å². The van der Waals surface area contributed by atoms with Gasteiger partial charge in [-0.2, -0.15) is 0 Å². The first-order valence-corrected chi connectivity index (χ1v) is 9.05. The molecule has 0 aliphatic heterocycles. The van der Waals surface area contributed by atoms with Crippen LogP contribution >= 0.6 is 11.3 Å². The largest absolute Gasteiger partial charge is 0.345 e. The number of thiazole rings is 1. The lowest BCUT2D eigenvalue weighted by Crippen LogP contribution is -2.25. The zero-order valence-corrected chi connectivity index (χ0v) is 14.9. The lowest BCUT2D eigenvalue weighted by Gasteiger charge is -1.99. The highest BCUT2D eigenvalue weighted by molar-refractivity contribution is 7.09. The normalized spacial score (nSPS) is 10.0. The van der Waals surface area contributed by atoms with Gasteiger partial charge >= 0.3 is 0 Å². The van der Waals surface area contributed by atoms with Crippen molar-refractivity contribution in [3.8, 4) is 11.8 Å². The van der Waals surface area contributed by atoms with Gasteiger partial charge in [-0.05, 0) is 29.8 Å². The highest BCUT2D eigenvalue weighted by Gasteiger charge is 2.08. The predicted octanol–water partition coefficient (Wildman–Crippen LogP) is 3.58. The molecule has 0 aliphatic carbocycles. The van der Waals surface area contributed by atoms with Crippen molar-refractivity contribution in [2.75, 3.05) is 6.54 Å². The predicted molar refractivity (Wildman–Crippen MR) is 101 cm³/mol. The third-order valence-corrected chi connectivity index (χ3v) is 4.49. The molecule has 1 amide bonds. The van der Waals surface area contributed by atoms with Crippen molar-refractivity contribution in [1.82, 2.24) is 10.3 Å². The minimum Gasteiger partial charge on any atom is -0.345 e. The van der Waals surface area contributed by atoms with E-state index in [0.29, 0.717) is 13.0 Å². The van der Waals surface area contributed by atoms with Crippen molar-refractivity contribution in [3.05, 3.63) is 87.6 Å². The minimum atomic E-state index is -0.249. The number of nitrogens with one attached hydrogen (secondary N) is 1. The molecule has 5 heteroatoms. The van der Waals surface area contributed by atoms with Gasteiger partial charge in [0.25, 0.3) is 0 Å². The second-order valence-corrected chi connectivity index (χ2v) is 6.60. The number of benzene rings is 2. The van der Waals surface area contributed by atoms with Gasteiger partial charge in [-0.15, -0.1) is 11.3 Å². The molecule has 3 nitrogen and oxygen atoms in total. The van der Waals surface area contributed by atoms with Crippen LogP contribution in [0.5, 0.6) is 0 Å². The van der Waals surface area contributed by atoms with E-state index < -0.39 is 0 Å². The maximum atomic E-state index is 12.9. The molecule has 0 saturated carbocycles. The monoisotopic (exact) mass is 364 g/mol. The Morgan fingerprint density at radius 3 is 2.65 bits per heavy atom. The van der Waals surface area contributed by atoms with Crippen LogP contribution in [0.2, 0.25) is 0 Å². The van der Waals surface area contributed by atoms with E-state index in [1.165, 1.54) is 23.5 Å². The fourth-order valence-electron chi connectivity index (χ4n) is 2.33. The van der Waals surface area contributed by atoms with Crippen LogP contribution in [-0.2, 0) is 17.6 Å². The first-order chi connectivity index (χ1) is 12.7. The van der Waals surface area contributed by atoms with E-state index in [1.54, 1.807) is 12.1 Å². The van der Waals surface area contributed by atoms with E-state index in [4.69, 9.17) is 0 Å². The van der Waals surface area contributed by atoms with Gasteiger partial charge in [-0.3, -0.25) is 4.79 Å². The average Bonchev–Trinajstić information content (AvgIpc) is 3.08. The molecule has 0 radical (unpaired) electrons. The van der Waals surface area contributed by atoms with Crippen molar-refractivity contribution in [1.29, 1.82) is 0 Å². The van der Waals surface area contributed by atoms with E-state index in [2.05, 4.69) is 22.1 Å². The standard InChI is InChI=1S/C21H17FN2OS/c22-18-10-8-17(9-11-18)13-21-24-19(15-26-21)14-20(25)23-12-4-7-16-5-2-1-3-6-16/h1-3,5-6,8-11,15H,12-14H2,(H,23,25). The molecule has 26 heavy (non-hydrogen) atoms. The van der Waals surface area contributed by atoms with Gasteiger partial charge in [0.05, 0.1) is 23.7 Å². The van der Waals surface area contributed by atoms with Crippen molar-refractivity contribution < 1.29 is 9.18 Å². The molecule has 3 aromatic rings. The Kier molecular flexibility index (Phi) is 6.13. The molecule has 0 saturated heterocycles. The summed E-state index contributed by atoms with van der Waals surface area (Å²) in [7, 11) is 0. The zero-order chi connectivity index (χ0) is 18.2. The second-order valence-electron chi connectivity index (χ2n) is 5.66. The van der Waals surface area contributed by atoms with Crippen molar-refractivity contribution in [3.63, 3.8) is 0 Å². The molecule has 0 aliphatic rings. The van der Waals surface area contributed by atoms with Crippen LogP contribution in [0.1, 0.15) is 21.8 Å². The topological polar surface area (TPSA) is 42.0 Å². The van der Waals surface area contributed by atoms with E-state index in [9.17, 15) is 9.18 Å². The van der Waals surface area contributed by atoms with Gasteiger partial charge in [-0.25, -0.2) is 9.37 Å². The van der Waals surface area contributed by atoms with Gasteiger partial charge in [-0.1, -0.05) is 42.2 Å². The molecule has 3 rings (SSSR count).